The Balaban J connectivity index is 1.87. The molecule has 3 atom stereocenters. The van der Waals surface area contributed by atoms with E-state index in [0.29, 0.717) is 18.8 Å². The molecule has 7 heteroatoms. The Morgan fingerprint density at radius 2 is 2.04 bits per heavy atom. The highest BCUT2D eigenvalue weighted by molar-refractivity contribution is 8.03. The predicted molar refractivity (Wildman–Crippen MR) is 111 cm³/mol. The summed E-state index contributed by atoms with van der Waals surface area (Å²) in [6.45, 7) is 4.57. The van der Waals surface area contributed by atoms with Crippen molar-refractivity contribution < 1.29 is 19.1 Å². The number of methoxy groups -OCH3 is 1. The fourth-order valence-electron chi connectivity index (χ4n) is 2.85. The Labute approximate surface area is 171 Å². The van der Waals surface area contributed by atoms with E-state index in [9.17, 15) is 9.59 Å². The van der Waals surface area contributed by atoms with Gasteiger partial charge < -0.3 is 20.1 Å². The highest BCUT2D eigenvalue weighted by atomic mass is 32.2. The van der Waals surface area contributed by atoms with Crippen LogP contribution >= 0.6 is 11.8 Å². The van der Waals surface area contributed by atoms with Crippen molar-refractivity contribution >= 4 is 23.8 Å². The number of thioether (sulfide) groups is 1. The molecule has 0 saturated heterocycles. The Kier molecular flexibility index (Phi) is 9.20. The van der Waals surface area contributed by atoms with Crippen LogP contribution in [0.15, 0.2) is 41.4 Å². The second-order valence-electron chi connectivity index (χ2n) is 6.98. The lowest BCUT2D eigenvalue weighted by Gasteiger charge is -2.27. The maximum atomic E-state index is 12.3. The highest BCUT2D eigenvalue weighted by Crippen LogP contribution is 2.28. The van der Waals surface area contributed by atoms with Gasteiger partial charge in [0.25, 0.3) is 0 Å². The van der Waals surface area contributed by atoms with Crippen molar-refractivity contribution in [3.8, 4) is 0 Å². The molecule has 2 N–H and O–H groups in total. The van der Waals surface area contributed by atoms with E-state index in [-0.39, 0.29) is 24.0 Å². The summed E-state index contributed by atoms with van der Waals surface area (Å²) in [6, 6.07) is 9.55. The number of benzene rings is 1. The molecular weight excluding hydrogens is 376 g/mol. The molecule has 0 aliphatic carbocycles. The fraction of sp³-hybridized carbons (Fsp3) is 0.524. The minimum absolute atomic E-state index is 0.0194. The lowest BCUT2D eigenvalue weighted by molar-refractivity contribution is -0.140. The van der Waals surface area contributed by atoms with Gasteiger partial charge in [0.1, 0.15) is 6.61 Å². The summed E-state index contributed by atoms with van der Waals surface area (Å²) in [7, 11) is 1.39. The second-order valence-corrected chi connectivity index (χ2v) is 8.00. The van der Waals surface area contributed by atoms with Crippen molar-refractivity contribution in [1.82, 2.24) is 10.6 Å². The third-order valence-electron chi connectivity index (χ3n) is 4.75. The van der Waals surface area contributed by atoms with Crippen LogP contribution in [0.25, 0.3) is 0 Å². The number of amides is 1. The summed E-state index contributed by atoms with van der Waals surface area (Å²) in [5.41, 5.74) is 1.95. The predicted octanol–water partition coefficient (Wildman–Crippen LogP) is 4.17. The normalized spacial score (nSPS) is 17.8. The number of carbonyl (C=O) groups excluding carboxylic acids is 2. The summed E-state index contributed by atoms with van der Waals surface area (Å²) in [6.07, 6.45) is 2.41. The lowest BCUT2D eigenvalue weighted by Crippen LogP contribution is -2.47. The van der Waals surface area contributed by atoms with Gasteiger partial charge in [-0.2, -0.15) is 0 Å². The van der Waals surface area contributed by atoms with Crippen LogP contribution in [-0.2, 0) is 20.9 Å². The van der Waals surface area contributed by atoms with Gasteiger partial charge in [0.15, 0.2) is 0 Å². The molecule has 1 aliphatic rings. The second kappa shape index (κ2) is 11.6. The van der Waals surface area contributed by atoms with E-state index >= 15 is 0 Å². The van der Waals surface area contributed by atoms with Crippen LogP contribution in [0.1, 0.15) is 45.1 Å². The number of rotatable bonds is 10. The number of alkyl carbamates (subject to hydrolysis) is 1. The zero-order chi connectivity index (χ0) is 20.4. The molecule has 0 radical (unpaired) electrons. The van der Waals surface area contributed by atoms with Crippen LogP contribution in [0.4, 0.5) is 4.79 Å². The Morgan fingerprint density at radius 1 is 1.29 bits per heavy atom. The minimum Gasteiger partial charge on any atom is -0.469 e. The monoisotopic (exact) mass is 406 g/mol. The van der Waals surface area contributed by atoms with Gasteiger partial charge in [-0.05, 0) is 29.7 Å². The quantitative estimate of drug-likeness (QED) is 0.568. The summed E-state index contributed by atoms with van der Waals surface area (Å²) >= 11 is 1.63. The van der Waals surface area contributed by atoms with Crippen molar-refractivity contribution in [2.45, 2.75) is 57.6 Å². The number of nitrogens with one attached hydrogen (secondary N) is 2. The maximum absolute atomic E-state index is 12.3. The van der Waals surface area contributed by atoms with E-state index < -0.39 is 6.09 Å². The van der Waals surface area contributed by atoms with Crippen molar-refractivity contribution in [2.75, 3.05) is 7.11 Å². The van der Waals surface area contributed by atoms with Crippen molar-refractivity contribution in [1.29, 1.82) is 0 Å². The van der Waals surface area contributed by atoms with Gasteiger partial charge in [0.2, 0.25) is 0 Å². The minimum atomic E-state index is -0.414. The van der Waals surface area contributed by atoms with E-state index in [4.69, 9.17) is 9.47 Å². The first-order valence-electron chi connectivity index (χ1n) is 9.66. The highest BCUT2D eigenvalue weighted by Gasteiger charge is 2.29. The molecular formula is C21H30N2O4S. The molecule has 1 heterocycles. The summed E-state index contributed by atoms with van der Waals surface area (Å²) in [5.74, 6) is 0.246. The van der Waals surface area contributed by atoms with Gasteiger partial charge in [-0.3, -0.25) is 4.79 Å². The largest absolute Gasteiger partial charge is 0.469 e. The average Bonchev–Trinajstić information content (AvgIpc) is 3.19. The van der Waals surface area contributed by atoms with Crippen LogP contribution in [0.3, 0.4) is 0 Å². The number of hydrogen-bond donors (Lipinski definition) is 2. The van der Waals surface area contributed by atoms with Gasteiger partial charge in [0, 0.05) is 5.70 Å². The van der Waals surface area contributed by atoms with Crippen molar-refractivity contribution in [3.63, 3.8) is 0 Å². The molecule has 2 rings (SSSR count). The molecule has 1 amide bonds. The summed E-state index contributed by atoms with van der Waals surface area (Å²) < 4.78 is 10.1. The molecule has 0 bridgehead atoms. The molecule has 0 spiro atoms. The van der Waals surface area contributed by atoms with E-state index in [2.05, 4.69) is 24.5 Å². The lowest BCUT2D eigenvalue weighted by atomic mass is 9.99. The molecule has 3 unspecified atom stereocenters. The molecule has 1 aromatic rings. The van der Waals surface area contributed by atoms with Crippen LogP contribution in [0, 0.1) is 5.92 Å². The molecule has 1 aliphatic heterocycles. The molecule has 154 valence electrons. The SMILES string of the molecule is CCC(C)CC(NC(=O)OCc1ccccc1)C1NC(CCC(=O)OC)=CS1. The van der Waals surface area contributed by atoms with Crippen LogP contribution in [0.2, 0.25) is 0 Å². The Morgan fingerprint density at radius 3 is 2.71 bits per heavy atom. The van der Waals surface area contributed by atoms with Crippen LogP contribution < -0.4 is 10.6 Å². The zero-order valence-electron chi connectivity index (χ0n) is 16.8. The maximum Gasteiger partial charge on any atom is 0.407 e. The molecule has 0 saturated carbocycles. The van der Waals surface area contributed by atoms with E-state index in [1.807, 2.05) is 35.7 Å². The summed E-state index contributed by atoms with van der Waals surface area (Å²) in [5, 5.41) is 8.49. The fourth-order valence-corrected chi connectivity index (χ4v) is 3.93. The number of ether oxygens (including phenoxy) is 2. The molecule has 1 aromatic carbocycles. The topological polar surface area (TPSA) is 76.7 Å². The van der Waals surface area contributed by atoms with Gasteiger partial charge >= 0.3 is 12.1 Å². The van der Waals surface area contributed by atoms with Gasteiger partial charge in [0.05, 0.1) is 24.9 Å². The Bertz CT molecular complexity index is 666. The van der Waals surface area contributed by atoms with Crippen molar-refractivity contribution in [3.05, 3.63) is 47.0 Å². The Hall–Kier alpha value is -2.15. The van der Waals surface area contributed by atoms with E-state index in [0.717, 1.165) is 24.1 Å². The third-order valence-corrected chi connectivity index (χ3v) is 5.91. The van der Waals surface area contributed by atoms with Crippen LogP contribution in [0.5, 0.6) is 0 Å². The van der Waals surface area contributed by atoms with Crippen molar-refractivity contribution in [2.24, 2.45) is 5.92 Å². The van der Waals surface area contributed by atoms with E-state index in [1.54, 1.807) is 11.8 Å². The first-order valence-corrected chi connectivity index (χ1v) is 10.6. The first kappa shape index (κ1) is 22.1. The smallest absolute Gasteiger partial charge is 0.407 e. The number of allylic oxidation sites excluding steroid dienone is 1. The number of esters is 1. The van der Waals surface area contributed by atoms with Gasteiger partial charge in [-0.15, -0.1) is 11.8 Å². The van der Waals surface area contributed by atoms with E-state index in [1.165, 1.54) is 7.11 Å². The van der Waals surface area contributed by atoms with Gasteiger partial charge in [-0.25, -0.2) is 4.79 Å². The third kappa shape index (κ3) is 7.46. The number of hydrogen-bond acceptors (Lipinski definition) is 6. The van der Waals surface area contributed by atoms with Crippen LogP contribution in [-0.4, -0.2) is 30.6 Å². The first-order chi connectivity index (χ1) is 13.5. The number of carbonyl (C=O) groups is 2. The summed E-state index contributed by atoms with van der Waals surface area (Å²) in [4.78, 5) is 23.7. The standard InChI is InChI=1S/C21H30N2O4S/c1-4-15(2)12-18(20-22-17(14-28-20)10-11-19(24)26-3)23-21(25)27-13-16-8-6-5-7-9-16/h5-9,14-15,18,20,22H,4,10-13H2,1-3H3,(H,23,25). The molecule has 6 nitrogen and oxygen atoms in total. The van der Waals surface area contributed by atoms with Gasteiger partial charge in [-0.1, -0.05) is 50.6 Å². The molecule has 0 aromatic heterocycles. The average molecular weight is 407 g/mol. The molecule has 28 heavy (non-hydrogen) atoms. The zero-order valence-corrected chi connectivity index (χ0v) is 17.6. The molecule has 0 fully saturated rings.